The summed E-state index contributed by atoms with van der Waals surface area (Å²) in [5.74, 6) is -0.0358. The minimum absolute atomic E-state index is 0.0358. The summed E-state index contributed by atoms with van der Waals surface area (Å²) < 4.78 is 0. The predicted octanol–water partition coefficient (Wildman–Crippen LogP) is 1.87. The highest BCUT2D eigenvalue weighted by Gasteiger charge is 2.23. The number of urea groups is 1. The van der Waals surface area contributed by atoms with Crippen LogP contribution < -0.4 is 10.6 Å². The van der Waals surface area contributed by atoms with E-state index >= 15 is 0 Å². The molecule has 2 rings (SSSR count). The van der Waals surface area contributed by atoms with E-state index in [-0.39, 0.29) is 18.0 Å². The molecule has 0 saturated carbocycles. The van der Waals surface area contributed by atoms with Gasteiger partial charge in [-0.05, 0) is 31.9 Å². The molecule has 5 nitrogen and oxygen atoms in total. The molecule has 0 aromatic carbocycles. The van der Waals surface area contributed by atoms with E-state index in [1.54, 1.807) is 16.2 Å². The van der Waals surface area contributed by atoms with Crippen molar-refractivity contribution in [1.29, 1.82) is 0 Å². The van der Waals surface area contributed by atoms with Crippen LogP contribution in [-0.2, 0) is 11.3 Å². The Kier molecular flexibility index (Phi) is 5.00. The standard InChI is InChI=1S/C14H21N3O2S/c1-10-5-6-13(20-10)8-15-14(19)17-7-3-4-12(9-17)16-11(2)18/h5-6,12H,3-4,7-9H2,1-2H3,(H,15,19)(H,16,18)/t12-/m0/s1. The van der Waals surface area contributed by atoms with Crippen LogP contribution in [0.5, 0.6) is 0 Å². The Labute approximate surface area is 123 Å². The molecule has 2 heterocycles. The van der Waals surface area contributed by atoms with E-state index in [1.165, 1.54) is 11.8 Å². The zero-order valence-corrected chi connectivity index (χ0v) is 12.8. The summed E-state index contributed by atoms with van der Waals surface area (Å²) in [6.45, 7) is 5.48. The SMILES string of the molecule is CC(=O)N[C@H]1CCCN(C(=O)NCc2ccc(C)s2)C1. The number of nitrogens with one attached hydrogen (secondary N) is 2. The quantitative estimate of drug-likeness (QED) is 0.894. The molecule has 1 aromatic heterocycles. The molecule has 1 aliphatic heterocycles. The Bertz CT molecular complexity index is 487. The highest BCUT2D eigenvalue weighted by molar-refractivity contribution is 7.11. The smallest absolute Gasteiger partial charge is 0.317 e. The van der Waals surface area contributed by atoms with Crippen molar-refractivity contribution in [3.63, 3.8) is 0 Å². The van der Waals surface area contributed by atoms with E-state index in [1.807, 2.05) is 6.07 Å². The number of carbonyl (C=O) groups is 2. The van der Waals surface area contributed by atoms with Crippen molar-refractivity contribution in [2.75, 3.05) is 13.1 Å². The molecular formula is C14H21N3O2S. The molecule has 1 aliphatic rings. The molecule has 1 atom stereocenters. The van der Waals surface area contributed by atoms with Crippen LogP contribution in [0.15, 0.2) is 12.1 Å². The first-order valence-corrected chi connectivity index (χ1v) is 7.71. The van der Waals surface area contributed by atoms with Crippen molar-refractivity contribution >= 4 is 23.3 Å². The van der Waals surface area contributed by atoms with Gasteiger partial charge in [-0.1, -0.05) is 0 Å². The first-order valence-electron chi connectivity index (χ1n) is 6.90. The van der Waals surface area contributed by atoms with Gasteiger partial charge in [-0.25, -0.2) is 4.79 Å². The summed E-state index contributed by atoms with van der Waals surface area (Å²) in [6.07, 6.45) is 1.87. The summed E-state index contributed by atoms with van der Waals surface area (Å²) in [5.41, 5.74) is 0. The summed E-state index contributed by atoms with van der Waals surface area (Å²) in [4.78, 5) is 27.4. The van der Waals surface area contributed by atoms with E-state index in [4.69, 9.17) is 0 Å². The highest BCUT2D eigenvalue weighted by atomic mass is 32.1. The zero-order valence-electron chi connectivity index (χ0n) is 11.9. The molecule has 1 fully saturated rings. The number of nitrogens with zero attached hydrogens (tertiary/aromatic N) is 1. The lowest BCUT2D eigenvalue weighted by molar-refractivity contribution is -0.119. The topological polar surface area (TPSA) is 61.4 Å². The third-order valence-corrected chi connectivity index (χ3v) is 4.33. The number of hydrogen-bond donors (Lipinski definition) is 2. The van der Waals surface area contributed by atoms with Crippen molar-refractivity contribution in [1.82, 2.24) is 15.5 Å². The largest absolute Gasteiger partial charge is 0.352 e. The van der Waals surface area contributed by atoms with Crippen molar-refractivity contribution in [3.05, 3.63) is 21.9 Å². The number of rotatable bonds is 3. The summed E-state index contributed by atoms with van der Waals surface area (Å²) in [5, 5.41) is 5.83. The molecule has 6 heteroatoms. The highest BCUT2D eigenvalue weighted by Crippen LogP contribution is 2.15. The molecule has 0 aliphatic carbocycles. The molecule has 110 valence electrons. The normalized spacial score (nSPS) is 18.7. The van der Waals surface area contributed by atoms with Crippen molar-refractivity contribution < 1.29 is 9.59 Å². The van der Waals surface area contributed by atoms with E-state index in [9.17, 15) is 9.59 Å². The fraction of sp³-hybridized carbons (Fsp3) is 0.571. The average Bonchev–Trinajstić information content (AvgIpc) is 2.81. The van der Waals surface area contributed by atoms with Crippen LogP contribution in [0.4, 0.5) is 4.79 Å². The third kappa shape index (κ3) is 4.23. The van der Waals surface area contributed by atoms with E-state index in [2.05, 4.69) is 23.6 Å². The number of piperidine rings is 1. The van der Waals surface area contributed by atoms with Gasteiger partial charge in [0.1, 0.15) is 0 Å². The number of aryl methyl sites for hydroxylation is 1. The molecule has 2 N–H and O–H groups in total. The monoisotopic (exact) mass is 295 g/mol. The lowest BCUT2D eigenvalue weighted by atomic mass is 10.1. The molecule has 0 spiro atoms. The first-order chi connectivity index (χ1) is 9.54. The van der Waals surface area contributed by atoms with E-state index in [0.717, 1.165) is 24.3 Å². The molecule has 1 saturated heterocycles. The molecule has 0 radical (unpaired) electrons. The van der Waals surface area contributed by atoms with Gasteiger partial charge >= 0.3 is 6.03 Å². The third-order valence-electron chi connectivity index (χ3n) is 3.33. The second-order valence-electron chi connectivity index (χ2n) is 5.16. The Hall–Kier alpha value is -1.56. The van der Waals surface area contributed by atoms with Gasteiger partial charge in [0.05, 0.1) is 6.54 Å². The minimum Gasteiger partial charge on any atom is -0.352 e. The number of amides is 3. The fourth-order valence-electron chi connectivity index (χ4n) is 2.42. The van der Waals surface area contributed by atoms with Crippen molar-refractivity contribution in [2.24, 2.45) is 0 Å². The van der Waals surface area contributed by atoms with E-state index in [0.29, 0.717) is 13.1 Å². The summed E-state index contributed by atoms with van der Waals surface area (Å²) in [7, 11) is 0. The van der Waals surface area contributed by atoms with Crippen molar-refractivity contribution in [3.8, 4) is 0 Å². The molecule has 1 aromatic rings. The predicted molar refractivity (Wildman–Crippen MR) is 79.7 cm³/mol. The van der Waals surface area contributed by atoms with Crippen LogP contribution in [0.3, 0.4) is 0 Å². The minimum atomic E-state index is -0.0499. The van der Waals surface area contributed by atoms with Crippen molar-refractivity contribution in [2.45, 2.75) is 39.3 Å². The summed E-state index contributed by atoms with van der Waals surface area (Å²) in [6, 6.07) is 4.12. The van der Waals surface area contributed by atoms with Crippen LogP contribution in [0.25, 0.3) is 0 Å². The molecule has 3 amide bonds. The van der Waals surface area contributed by atoms with Gasteiger partial charge in [-0.2, -0.15) is 0 Å². The van der Waals surface area contributed by atoms with Gasteiger partial charge in [0, 0.05) is 35.8 Å². The summed E-state index contributed by atoms with van der Waals surface area (Å²) >= 11 is 1.70. The number of likely N-dealkylation sites (tertiary alicyclic amines) is 1. The average molecular weight is 295 g/mol. The fourth-order valence-corrected chi connectivity index (χ4v) is 3.25. The first kappa shape index (κ1) is 14.8. The van der Waals surface area contributed by atoms with Gasteiger partial charge in [-0.15, -0.1) is 11.3 Å². The van der Waals surface area contributed by atoms with Crippen LogP contribution in [0.2, 0.25) is 0 Å². The molecular weight excluding hydrogens is 274 g/mol. The van der Waals surface area contributed by atoms with Gasteiger partial charge in [0.2, 0.25) is 5.91 Å². The molecule has 0 bridgehead atoms. The Balaban J connectivity index is 1.81. The van der Waals surface area contributed by atoms with Crippen LogP contribution in [0.1, 0.15) is 29.5 Å². The maximum Gasteiger partial charge on any atom is 0.317 e. The number of thiophene rings is 1. The van der Waals surface area contributed by atoms with Gasteiger partial charge < -0.3 is 15.5 Å². The second kappa shape index (κ2) is 6.74. The second-order valence-corrected chi connectivity index (χ2v) is 6.53. The lowest BCUT2D eigenvalue weighted by Crippen LogP contribution is -2.51. The van der Waals surface area contributed by atoms with Crippen LogP contribution in [-0.4, -0.2) is 36.0 Å². The maximum atomic E-state index is 12.1. The van der Waals surface area contributed by atoms with E-state index < -0.39 is 0 Å². The van der Waals surface area contributed by atoms with Gasteiger partial charge in [-0.3, -0.25) is 4.79 Å². The Morgan fingerprint density at radius 2 is 2.25 bits per heavy atom. The lowest BCUT2D eigenvalue weighted by Gasteiger charge is -2.32. The van der Waals surface area contributed by atoms with Gasteiger partial charge in [0.15, 0.2) is 0 Å². The Morgan fingerprint density at radius 3 is 2.90 bits per heavy atom. The molecule has 0 unspecified atom stereocenters. The molecule has 20 heavy (non-hydrogen) atoms. The van der Waals surface area contributed by atoms with Gasteiger partial charge in [0.25, 0.3) is 0 Å². The number of carbonyl (C=O) groups excluding carboxylic acids is 2. The maximum absolute atomic E-state index is 12.1. The Morgan fingerprint density at radius 1 is 1.45 bits per heavy atom. The van der Waals surface area contributed by atoms with Crippen LogP contribution in [0, 0.1) is 6.92 Å². The zero-order chi connectivity index (χ0) is 14.5. The number of hydrogen-bond acceptors (Lipinski definition) is 3. The van der Waals surface area contributed by atoms with Crippen LogP contribution >= 0.6 is 11.3 Å².